The molecule has 1 atom stereocenters. The van der Waals surface area contributed by atoms with Gasteiger partial charge in [0.25, 0.3) is 10.0 Å². The summed E-state index contributed by atoms with van der Waals surface area (Å²) in [6.45, 7) is 2.49. The minimum absolute atomic E-state index is 0.0883. The van der Waals surface area contributed by atoms with Crippen LogP contribution in [0.4, 0.5) is 0 Å². The molecule has 0 saturated heterocycles. The number of nitrogens with one attached hydrogen (secondary N) is 2. The van der Waals surface area contributed by atoms with Gasteiger partial charge < -0.3 is 9.55 Å². The molecule has 1 aliphatic heterocycles. The van der Waals surface area contributed by atoms with Crippen molar-refractivity contribution in [3.8, 4) is 0 Å². The van der Waals surface area contributed by atoms with Crippen LogP contribution in [-0.4, -0.2) is 28.9 Å². The van der Waals surface area contributed by atoms with Gasteiger partial charge in [-0.25, -0.2) is 18.1 Å². The third-order valence-electron chi connectivity index (χ3n) is 4.85. The van der Waals surface area contributed by atoms with Gasteiger partial charge in [-0.15, -0.1) is 0 Å². The molecule has 0 spiro atoms. The molecule has 2 N–H and O–H groups in total. The molecule has 4 rings (SSSR count). The maximum Gasteiger partial charge on any atom is 0.264 e. The predicted octanol–water partition coefficient (Wildman–Crippen LogP) is 1.99. The Morgan fingerprint density at radius 1 is 1.38 bits per heavy atom. The molecule has 1 amide bonds. The summed E-state index contributed by atoms with van der Waals surface area (Å²) in [4.78, 5) is 20.2. The Labute approximate surface area is 151 Å². The van der Waals surface area contributed by atoms with Gasteiger partial charge in [-0.2, -0.15) is 0 Å². The lowest BCUT2D eigenvalue weighted by atomic mass is 9.99. The first-order valence-electron chi connectivity index (χ1n) is 8.65. The van der Waals surface area contributed by atoms with Crippen LogP contribution in [0.1, 0.15) is 24.9 Å². The summed E-state index contributed by atoms with van der Waals surface area (Å²) in [5.41, 5.74) is 1.84. The monoisotopic (exact) mass is 372 g/mol. The van der Waals surface area contributed by atoms with Crippen LogP contribution in [0.25, 0.3) is 10.9 Å². The maximum atomic E-state index is 12.6. The van der Waals surface area contributed by atoms with Crippen LogP contribution in [0.15, 0.2) is 41.6 Å². The molecule has 7 nitrogen and oxygen atoms in total. The molecule has 0 bridgehead atoms. The normalized spacial score (nSPS) is 17.2. The molecule has 0 aliphatic carbocycles. The summed E-state index contributed by atoms with van der Waals surface area (Å²) in [7, 11) is -3.89. The van der Waals surface area contributed by atoms with Gasteiger partial charge in [0, 0.05) is 36.3 Å². The molecule has 26 heavy (non-hydrogen) atoms. The third kappa shape index (κ3) is 3.01. The minimum atomic E-state index is -3.89. The van der Waals surface area contributed by atoms with Gasteiger partial charge in [0.15, 0.2) is 0 Å². The van der Waals surface area contributed by atoms with E-state index < -0.39 is 15.9 Å². The number of aromatic amines is 1. The fourth-order valence-corrected chi connectivity index (χ4v) is 4.44. The average Bonchev–Trinajstić information content (AvgIpc) is 3.25. The van der Waals surface area contributed by atoms with E-state index in [-0.39, 0.29) is 10.8 Å². The number of sulfonamides is 1. The lowest BCUT2D eigenvalue weighted by molar-refractivity contribution is -0.124. The number of fused-ring (bicyclic) bond motifs is 2. The second-order valence-electron chi connectivity index (χ2n) is 6.59. The van der Waals surface area contributed by atoms with Crippen LogP contribution in [0.3, 0.4) is 0 Å². The molecule has 0 fully saturated rings. The molecule has 1 unspecified atom stereocenters. The number of nitrogens with zero attached hydrogens (tertiary/aromatic N) is 2. The summed E-state index contributed by atoms with van der Waals surface area (Å²) in [6.07, 6.45) is 5.80. The average molecular weight is 372 g/mol. The number of hydrogen-bond donors (Lipinski definition) is 2. The van der Waals surface area contributed by atoms with E-state index in [0.29, 0.717) is 19.4 Å². The molecule has 8 heteroatoms. The quantitative estimate of drug-likeness (QED) is 0.732. The molecule has 0 radical (unpaired) electrons. The smallest absolute Gasteiger partial charge is 0.264 e. The number of rotatable bonds is 4. The number of aryl methyl sites for hydroxylation is 2. The van der Waals surface area contributed by atoms with E-state index in [9.17, 15) is 13.2 Å². The lowest BCUT2D eigenvalue weighted by Crippen LogP contribution is -2.39. The Hall–Kier alpha value is -2.61. The molecule has 1 aliphatic rings. The SMILES string of the molecule is CCc1cn2c(n1)CCC(C(=O)NS(=O)(=O)c1ccc3[nH]ccc3c1)C2. The third-order valence-corrected chi connectivity index (χ3v) is 6.19. The standard InChI is InChI=1S/C18H20N4O3S/c1-2-14-11-22-10-13(3-6-17(22)20-14)18(23)21-26(24,25)15-4-5-16-12(9-15)7-8-19-16/h4-5,7-9,11,13,19H,2-3,6,10H2,1H3,(H,21,23). The second kappa shape index (κ2) is 6.28. The number of hydrogen-bond acceptors (Lipinski definition) is 4. The van der Waals surface area contributed by atoms with Crippen molar-refractivity contribution in [2.75, 3.05) is 0 Å². The molecular formula is C18H20N4O3S. The Morgan fingerprint density at radius 3 is 3.04 bits per heavy atom. The van der Waals surface area contributed by atoms with Crippen LogP contribution in [0, 0.1) is 5.92 Å². The van der Waals surface area contributed by atoms with E-state index in [1.165, 1.54) is 6.07 Å². The van der Waals surface area contributed by atoms with Crippen molar-refractivity contribution < 1.29 is 13.2 Å². The van der Waals surface area contributed by atoms with Crippen molar-refractivity contribution >= 4 is 26.8 Å². The number of carbonyl (C=O) groups is 1. The van der Waals surface area contributed by atoms with E-state index >= 15 is 0 Å². The van der Waals surface area contributed by atoms with Crippen LogP contribution < -0.4 is 4.72 Å². The topological polar surface area (TPSA) is 96.8 Å². The first kappa shape index (κ1) is 16.8. The highest BCUT2D eigenvalue weighted by Crippen LogP contribution is 2.22. The van der Waals surface area contributed by atoms with Crippen molar-refractivity contribution in [1.82, 2.24) is 19.3 Å². The summed E-state index contributed by atoms with van der Waals surface area (Å²) in [6, 6.07) is 6.54. The van der Waals surface area contributed by atoms with Crippen molar-refractivity contribution in [3.63, 3.8) is 0 Å². The molecule has 3 aromatic rings. The minimum Gasteiger partial charge on any atom is -0.361 e. The Balaban J connectivity index is 1.51. The van der Waals surface area contributed by atoms with Crippen LogP contribution >= 0.6 is 0 Å². The highest BCUT2D eigenvalue weighted by atomic mass is 32.2. The number of imidazole rings is 1. The van der Waals surface area contributed by atoms with Gasteiger partial charge in [-0.3, -0.25) is 4.79 Å². The Bertz CT molecular complexity index is 1080. The Morgan fingerprint density at radius 2 is 2.23 bits per heavy atom. The van der Waals surface area contributed by atoms with E-state index in [0.717, 1.165) is 28.8 Å². The maximum absolute atomic E-state index is 12.6. The van der Waals surface area contributed by atoms with Crippen molar-refractivity contribution in [2.24, 2.45) is 5.92 Å². The van der Waals surface area contributed by atoms with Gasteiger partial charge in [0.2, 0.25) is 5.91 Å². The molecule has 3 heterocycles. The fraction of sp³-hybridized carbons (Fsp3) is 0.333. The van der Waals surface area contributed by atoms with Gasteiger partial charge in [0.1, 0.15) is 5.82 Å². The summed E-state index contributed by atoms with van der Waals surface area (Å²) in [5, 5.41) is 0.785. The van der Waals surface area contributed by atoms with E-state index in [1.54, 1.807) is 24.4 Å². The number of aromatic nitrogens is 3. The van der Waals surface area contributed by atoms with Crippen LogP contribution in [0.2, 0.25) is 0 Å². The molecule has 0 saturated carbocycles. The Kier molecular flexibility index (Phi) is 4.07. The fourth-order valence-electron chi connectivity index (χ4n) is 3.36. The molecule has 2 aromatic heterocycles. The molecule has 136 valence electrons. The summed E-state index contributed by atoms with van der Waals surface area (Å²) < 4.78 is 29.4. The molecule has 1 aromatic carbocycles. The van der Waals surface area contributed by atoms with E-state index in [2.05, 4.69) is 14.7 Å². The van der Waals surface area contributed by atoms with E-state index in [4.69, 9.17) is 0 Å². The largest absolute Gasteiger partial charge is 0.361 e. The summed E-state index contributed by atoms with van der Waals surface area (Å²) in [5.74, 6) is 0.121. The number of benzene rings is 1. The highest BCUT2D eigenvalue weighted by molar-refractivity contribution is 7.90. The van der Waals surface area contributed by atoms with Crippen molar-refractivity contribution in [3.05, 3.63) is 48.2 Å². The van der Waals surface area contributed by atoms with Gasteiger partial charge in [-0.05, 0) is 37.1 Å². The number of carbonyl (C=O) groups excluding carboxylic acids is 1. The number of H-pyrrole nitrogens is 1. The van der Waals surface area contributed by atoms with Crippen molar-refractivity contribution in [1.29, 1.82) is 0 Å². The first-order valence-corrected chi connectivity index (χ1v) is 10.1. The van der Waals surface area contributed by atoms with Crippen molar-refractivity contribution in [2.45, 2.75) is 37.6 Å². The lowest BCUT2D eigenvalue weighted by Gasteiger charge is -2.22. The van der Waals surface area contributed by atoms with Gasteiger partial charge >= 0.3 is 0 Å². The van der Waals surface area contributed by atoms with E-state index in [1.807, 2.05) is 17.7 Å². The predicted molar refractivity (Wildman–Crippen MR) is 97.0 cm³/mol. The van der Waals surface area contributed by atoms with Gasteiger partial charge in [0.05, 0.1) is 16.5 Å². The molecular weight excluding hydrogens is 352 g/mol. The zero-order valence-electron chi connectivity index (χ0n) is 14.4. The first-order chi connectivity index (χ1) is 12.5. The zero-order chi connectivity index (χ0) is 18.3. The van der Waals surface area contributed by atoms with Gasteiger partial charge in [-0.1, -0.05) is 6.92 Å². The van der Waals surface area contributed by atoms with Crippen LogP contribution in [0.5, 0.6) is 0 Å². The second-order valence-corrected chi connectivity index (χ2v) is 8.27. The van der Waals surface area contributed by atoms with Crippen LogP contribution in [-0.2, 0) is 34.2 Å². The summed E-state index contributed by atoms with van der Waals surface area (Å²) >= 11 is 0. The number of amides is 1. The highest BCUT2D eigenvalue weighted by Gasteiger charge is 2.29. The zero-order valence-corrected chi connectivity index (χ0v) is 15.2.